The molecule has 0 spiro atoms. The highest BCUT2D eigenvalue weighted by Gasteiger charge is 2.27. The number of ether oxygens (including phenoxy) is 1. The van der Waals surface area contributed by atoms with Gasteiger partial charge in [0.2, 0.25) is 5.89 Å². The Labute approximate surface area is 93.4 Å². The van der Waals surface area contributed by atoms with E-state index in [1.165, 1.54) is 0 Å². The monoisotopic (exact) mass is 231 g/mol. The van der Waals surface area contributed by atoms with Crippen molar-refractivity contribution >= 4 is 17.6 Å². The average Bonchev–Trinajstić information content (AvgIpc) is 2.70. The maximum atomic E-state index is 5.60. The summed E-state index contributed by atoms with van der Waals surface area (Å²) < 4.78 is 10.9. The van der Waals surface area contributed by atoms with E-state index in [0.717, 1.165) is 6.54 Å². The first-order valence-corrected chi connectivity index (χ1v) is 5.50. The van der Waals surface area contributed by atoms with Gasteiger partial charge in [0.25, 0.3) is 0 Å². The van der Waals surface area contributed by atoms with Gasteiger partial charge in [-0.2, -0.15) is 0 Å². The Morgan fingerprint density at radius 2 is 2.27 bits per heavy atom. The lowest BCUT2D eigenvalue weighted by atomic mass is 10.2. The van der Waals surface area contributed by atoms with Crippen LogP contribution in [-0.4, -0.2) is 35.5 Å². The van der Waals surface area contributed by atoms with Gasteiger partial charge in [-0.3, -0.25) is 0 Å². The average molecular weight is 232 g/mol. The van der Waals surface area contributed by atoms with Crippen molar-refractivity contribution in [1.29, 1.82) is 0 Å². The van der Waals surface area contributed by atoms with Gasteiger partial charge in [0, 0.05) is 6.54 Å². The van der Waals surface area contributed by atoms with Crippen LogP contribution in [-0.2, 0) is 10.6 Å². The highest BCUT2D eigenvalue weighted by atomic mass is 35.5. The van der Waals surface area contributed by atoms with Crippen molar-refractivity contribution in [1.82, 2.24) is 10.2 Å². The predicted molar refractivity (Wildman–Crippen MR) is 56.1 cm³/mol. The summed E-state index contributed by atoms with van der Waals surface area (Å²) in [5.41, 5.74) is 0. The maximum Gasteiger partial charge on any atom is 0.318 e. The van der Waals surface area contributed by atoms with Gasteiger partial charge in [0.05, 0.1) is 18.8 Å². The Morgan fingerprint density at radius 1 is 1.47 bits per heavy atom. The second kappa shape index (κ2) is 4.37. The summed E-state index contributed by atoms with van der Waals surface area (Å²) in [4.78, 5) is 2.05. The summed E-state index contributed by atoms with van der Waals surface area (Å²) in [6.07, 6.45) is 0.188. The molecule has 2 rings (SSSR count). The van der Waals surface area contributed by atoms with Gasteiger partial charge < -0.3 is 14.1 Å². The molecule has 6 heteroatoms. The number of alkyl halides is 1. The van der Waals surface area contributed by atoms with Crippen LogP contribution >= 0.6 is 11.6 Å². The standard InChI is InChI=1S/C9H14ClN3O2/c1-6-5-14-7(2)4-13(6)9-12-11-8(3-10)15-9/h6-7H,3-5H2,1-2H3. The number of aromatic nitrogens is 2. The number of hydrogen-bond donors (Lipinski definition) is 0. The highest BCUT2D eigenvalue weighted by Crippen LogP contribution is 2.20. The van der Waals surface area contributed by atoms with Gasteiger partial charge in [-0.25, -0.2) is 0 Å². The Bertz CT molecular complexity index is 331. The summed E-state index contributed by atoms with van der Waals surface area (Å²) in [5, 5.41) is 7.80. The number of hydrogen-bond acceptors (Lipinski definition) is 5. The molecule has 0 aromatic carbocycles. The van der Waals surface area contributed by atoms with Crippen LogP contribution in [0.4, 0.5) is 6.01 Å². The smallest absolute Gasteiger partial charge is 0.318 e. The first-order chi connectivity index (χ1) is 7.20. The second-order valence-electron chi connectivity index (χ2n) is 3.76. The third kappa shape index (κ3) is 2.23. The number of nitrogens with zero attached hydrogens (tertiary/aromatic N) is 3. The zero-order chi connectivity index (χ0) is 10.8. The molecule has 0 radical (unpaired) electrons. The number of anilines is 1. The van der Waals surface area contributed by atoms with E-state index in [9.17, 15) is 0 Å². The molecule has 2 unspecified atom stereocenters. The SMILES string of the molecule is CC1CN(c2nnc(CCl)o2)C(C)CO1. The van der Waals surface area contributed by atoms with Gasteiger partial charge in [-0.1, -0.05) is 5.10 Å². The van der Waals surface area contributed by atoms with Crippen LogP contribution in [0, 0.1) is 0 Å². The summed E-state index contributed by atoms with van der Waals surface area (Å²) in [6, 6.07) is 0.790. The molecule has 1 fully saturated rings. The van der Waals surface area contributed by atoms with Crippen LogP contribution in [0.15, 0.2) is 4.42 Å². The van der Waals surface area contributed by atoms with Crippen molar-refractivity contribution in [3.63, 3.8) is 0 Å². The van der Waals surface area contributed by atoms with Crippen molar-refractivity contribution < 1.29 is 9.15 Å². The first-order valence-electron chi connectivity index (χ1n) is 4.97. The van der Waals surface area contributed by atoms with E-state index in [-0.39, 0.29) is 18.0 Å². The minimum absolute atomic E-state index is 0.188. The summed E-state index contributed by atoms with van der Waals surface area (Å²) in [5.74, 6) is 0.708. The molecule has 0 amide bonds. The fourth-order valence-electron chi connectivity index (χ4n) is 1.58. The van der Waals surface area contributed by atoms with E-state index in [4.69, 9.17) is 20.8 Å². The van der Waals surface area contributed by atoms with Crippen molar-refractivity contribution in [2.45, 2.75) is 31.9 Å². The molecule has 1 aromatic rings. The minimum atomic E-state index is 0.188. The number of rotatable bonds is 2. The fourth-order valence-corrected chi connectivity index (χ4v) is 1.69. The Balaban J connectivity index is 2.13. The van der Waals surface area contributed by atoms with Crippen LogP contribution in [0.2, 0.25) is 0 Å². The molecular formula is C9H14ClN3O2. The Kier molecular flexibility index (Phi) is 3.11. The van der Waals surface area contributed by atoms with Crippen molar-refractivity contribution in [2.75, 3.05) is 18.1 Å². The quantitative estimate of drug-likeness (QED) is 0.721. The molecule has 0 saturated carbocycles. The zero-order valence-corrected chi connectivity index (χ0v) is 9.57. The predicted octanol–water partition coefficient (Wildman–Crippen LogP) is 1.42. The molecule has 2 atom stereocenters. The minimum Gasteiger partial charge on any atom is -0.407 e. The number of halogens is 1. The molecule has 1 saturated heterocycles. The van der Waals surface area contributed by atoms with Gasteiger partial charge in [-0.15, -0.1) is 16.7 Å². The molecule has 84 valence electrons. The molecule has 15 heavy (non-hydrogen) atoms. The van der Waals surface area contributed by atoms with Crippen LogP contribution in [0.1, 0.15) is 19.7 Å². The van der Waals surface area contributed by atoms with Crippen molar-refractivity contribution in [2.24, 2.45) is 0 Å². The van der Waals surface area contributed by atoms with E-state index >= 15 is 0 Å². The van der Waals surface area contributed by atoms with Crippen LogP contribution < -0.4 is 4.90 Å². The lowest BCUT2D eigenvalue weighted by Crippen LogP contribution is -2.47. The van der Waals surface area contributed by atoms with Crippen molar-refractivity contribution in [3.05, 3.63) is 5.89 Å². The van der Waals surface area contributed by atoms with E-state index in [0.29, 0.717) is 18.5 Å². The Morgan fingerprint density at radius 3 is 2.93 bits per heavy atom. The molecule has 1 aliphatic heterocycles. The Hall–Kier alpha value is -0.810. The van der Waals surface area contributed by atoms with Crippen LogP contribution in [0.25, 0.3) is 0 Å². The van der Waals surface area contributed by atoms with Gasteiger partial charge in [0.1, 0.15) is 5.88 Å². The molecule has 1 aromatic heterocycles. The molecule has 5 nitrogen and oxygen atoms in total. The van der Waals surface area contributed by atoms with Crippen LogP contribution in [0.5, 0.6) is 0 Å². The van der Waals surface area contributed by atoms with Gasteiger partial charge in [-0.05, 0) is 13.8 Å². The zero-order valence-electron chi connectivity index (χ0n) is 8.81. The molecule has 1 aliphatic rings. The summed E-state index contributed by atoms with van der Waals surface area (Å²) in [6.45, 7) is 5.54. The lowest BCUT2D eigenvalue weighted by Gasteiger charge is -2.35. The third-order valence-electron chi connectivity index (χ3n) is 2.42. The largest absolute Gasteiger partial charge is 0.407 e. The second-order valence-corrected chi connectivity index (χ2v) is 4.02. The molecular weight excluding hydrogens is 218 g/mol. The van der Waals surface area contributed by atoms with Gasteiger partial charge >= 0.3 is 6.01 Å². The normalized spacial score (nSPS) is 27.0. The molecule has 0 bridgehead atoms. The van der Waals surface area contributed by atoms with Gasteiger partial charge in [0.15, 0.2) is 0 Å². The van der Waals surface area contributed by atoms with E-state index in [2.05, 4.69) is 22.0 Å². The fraction of sp³-hybridized carbons (Fsp3) is 0.778. The maximum absolute atomic E-state index is 5.60. The molecule has 0 aliphatic carbocycles. The molecule has 0 N–H and O–H groups in total. The van der Waals surface area contributed by atoms with E-state index in [1.807, 2.05) is 6.92 Å². The van der Waals surface area contributed by atoms with Crippen molar-refractivity contribution in [3.8, 4) is 0 Å². The first kappa shape index (κ1) is 10.7. The summed E-state index contributed by atoms with van der Waals surface area (Å²) in [7, 11) is 0. The van der Waals surface area contributed by atoms with Crippen LogP contribution in [0.3, 0.4) is 0 Å². The topological polar surface area (TPSA) is 51.4 Å². The van der Waals surface area contributed by atoms with E-state index in [1.54, 1.807) is 0 Å². The number of morpholine rings is 1. The highest BCUT2D eigenvalue weighted by molar-refractivity contribution is 6.16. The van der Waals surface area contributed by atoms with E-state index < -0.39 is 0 Å². The molecule has 2 heterocycles. The lowest BCUT2D eigenvalue weighted by molar-refractivity contribution is 0.0322. The third-order valence-corrected chi connectivity index (χ3v) is 2.65. The summed E-state index contributed by atoms with van der Waals surface area (Å²) >= 11 is 5.60.